The van der Waals surface area contributed by atoms with Gasteiger partial charge in [0.2, 0.25) is 0 Å². The largest absolute Gasteiger partial charge is 0.329 e. The summed E-state index contributed by atoms with van der Waals surface area (Å²) in [6, 6.07) is 0.499. The Balaban J connectivity index is 3.14. The summed E-state index contributed by atoms with van der Waals surface area (Å²) in [5, 5.41) is 3.57. The quantitative estimate of drug-likeness (QED) is 0.457. The molecule has 0 saturated heterocycles. The van der Waals surface area contributed by atoms with Crippen LogP contribution in [0.3, 0.4) is 0 Å². The van der Waals surface area contributed by atoms with Crippen molar-refractivity contribution in [2.75, 3.05) is 13.1 Å². The van der Waals surface area contributed by atoms with Crippen LogP contribution in [0.2, 0.25) is 0 Å². The van der Waals surface area contributed by atoms with E-state index >= 15 is 0 Å². The van der Waals surface area contributed by atoms with E-state index in [9.17, 15) is 0 Å². The van der Waals surface area contributed by atoms with Gasteiger partial charge in [0.25, 0.3) is 0 Å². The summed E-state index contributed by atoms with van der Waals surface area (Å²) in [5.41, 5.74) is 5.74. The van der Waals surface area contributed by atoms with E-state index in [0.29, 0.717) is 12.0 Å². The third-order valence-electron chi connectivity index (χ3n) is 4.00. The molecule has 0 spiro atoms. The van der Waals surface area contributed by atoms with Crippen LogP contribution in [0, 0.1) is 5.92 Å². The van der Waals surface area contributed by atoms with Crippen molar-refractivity contribution in [1.82, 2.24) is 5.32 Å². The van der Waals surface area contributed by atoms with Gasteiger partial charge in [0, 0.05) is 12.6 Å². The summed E-state index contributed by atoms with van der Waals surface area (Å²) < 4.78 is 0. The molecule has 0 aliphatic heterocycles. The van der Waals surface area contributed by atoms with Gasteiger partial charge in [-0.1, -0.05) is 78.6 Å². The second-order valence-electron chi connectivity index (χ2n) is 6.22. The molecule has 2 heteroatoms. The molecular weight excluding hydrogens is 232 g/mol. The maximum Gasteiger partial charge on any atom is 0.0213 e. The minimum atomic E-state index is 0.499. The van der Waals surface area contributed by atoms with Crippen molar-refractivity contribution in [3.05, 3.63) is 0 Å². The van der Waals surface area contributed by atoms with Crippen LogP contribution in [0.4, 0.5) is 0 Å². The molecule has 0 aromatic carbocycles. The molecule has 0 bridgehead atoms. The average Bonchev–Trinajstić information content (AvgIpc) is 2.40. The van der Waals surface area contributed by atoms with E-state index in [-0.39, 0.29) is 0 Å². The first-order valence-electron chi connectivity index (χ1n) is 8.65. The van der Waals surface area contributed by atoms with E-state index in [1.54, 1.807) is 0 Å². The van der Waals surface area contributed by atoms with Gasteiger partial charge in [-0.25, -0.2) is 0 Å². The third-order valence-corrected chi connectivity index (χ3v) is 4.00. The van der Waals surface area contributed by atoms with Gasteiger partial charge in [0.1, 0.15) is 0 Å². The molecule has 0 rings (SSSR count). The van der Waals surface area contributed by atoms with Crippen LogP contribution in [0.25, 0.3) is 0 Å². The highest BCUT2D eigenvalue weighted by atomic mass is 14.9. The monoisotopic (exact) mass is 270 g/mol. The highest BCUT2D eigenvalue weighted by molar-refractivity contribution is 4.70. The van der Waals surface area contributed by atoms with E-state index in [4.69, 9.17) is 5.73 Å². The number of rotatable bonds is 14. The van der Waals surface area contributed by atoms with Crippen molar-refractivity contribution >= 4 is 0 Å². The lowest BCUT2D eigenvalue weighted by molar-refractivity contribution is 0.399. The minimum Gasteiger partial charge on any atom is -0.329 e. The van der Waals surface area contributed by atoms with Crippen molar-refractivity contribution in [2.24, 2.45) is 11.7 Å². The molecule has 19 heavy (non-hydrogen) atoms. The molecule has 0 aliphatic carbocycles. The van der Waals surface area contributed by atoms with Crippen molar-refractivity contribution < 1.29 is 0 Å². The zero-order valence-electron chi connectivity index (χ0n) is 13.7. The van der Waals surface area contributed by atoms with Gasteiger partial charge < -0.3 is 11.1 Å². The Morgan fingerprint density at radius 2 is 1.26 bits per heavy atom. The second kappa shape index (κ2) is 14.3. The van der Waals surface area contributed by atoms with Crippen molar-refractivity contribution in [1.29, 1.82) is 0 Å². The summed E-state index contributed by atoms with van der Waals surface area (Å²) in [5.74, 6) is 0.646. The first-order chi connectivity index (χ1) is 9.22. The fraction of sp³-hybridized carbons (Fsp3) is 1.00. The van der Waals surface area contributed by atoms with Crippen LogP contribution < -0.4 is 11.1 Å². The highest BCUT2D eigenvalue weighted by Gasteiger charge is 2.08. The first kappa shape index (κ1) is 18.9. The SMILES string of the molecule is CCCCCCCCCCCCNC(CN)C(C)C. The molecule has 0 aromatic rings. The van der Waals surface area contributed by atoms with Gasteiger partial charge in [-0.3, -0.25) is 0 Å². The number of nitrogens with one attached hydrogen (secondary N) is 1. The third kappa shape index (κ3) is 12.7. The number of hydrogen-bond acceptors (Lipinski definition) is 2. The van der Waals surface area contributed by atoms with Crippen LogP contribution in [0.1, 0.15) is 85.0 Å². The molecule has 1 atom stereocenters. The predicted octanol–water partition coefficient (Wildman–Crippen LogP) is 4.48. The fourth-order valence-electron chi connectivity index (χ4n) is 2.49. The first-order valence-corrected chi connectivity index (χ1v) is 8.65. The predicted molar refractivity (Wildman–Crippen MR) is 87.5 cm³/mol. The van der Waals surface area contributed by atoms with Crippen LogP contribution >= 0.6 is 0 Å². The topological polar surface area (TPSA) is 38.0 Å². The van der Waals surface area contributed by atoms with Gasteiger partial charge >= 0.3 is 0 Å². The smallest absolute Gasteiger partial charge is 0.0213 e. The number of unbranched alkanes of at least 4 members (excludes halogenated alkanes) is 9. The normalized spacial score (nSPS) is 13.1. The van der Waals surface area contributed by atoms with Crippen molar-refractivity contribution in [3.63, 3.8) is 0 Å². The molecule has 0 aromatic heterocycles. The maximum absolute atomic E-state index is 5.74. The van der Waals surface area contributed by atoms with Gasteiger partial charge in [0.05, 0.1) is 0 Å². The summed E-state index contributed by atoms with van der Waals surface area (Å²) in [6.45, 7) is 8.65. The molecule has 0 heterocycles. The van der Waals surface area contributed by atoms with Gasteiger partial charge in [-0.05, 0) is 18.9 Å². The van der Waals surface area contributed by atoms with Crippen molar-refractivity contribution in [3.8, 4) is 0 Å². The van der Waals surface area contributed by atoms with E-state index in [2.05, 4.69) is 26.1 Å². The van der Waals surface area contributed by atoms with E-state index < -0.39 is 0 Å². The van der Waals surface area contributed by atoms with Crippen LogP contribution in [-0.4, -0.2) is 19.1 Å². The molecular formula is C17H38N2. The molecule has 116 valence electrons. The Kier molecular flexibility index (Phi) is 14.3. The zero-order valence-corrected chi connectivity index (χ0v) is 13.7. The maximum atomic E-state index is 5.74. The molecule has 3 N–H and O–H groups in total. The summed E-state index contributed by atoms with van der Waals surface area (Å²) in [6.07, 6.45) is 14.1. The second-order valence-corrected chi connectivity index (χ2v) is 6.22. The molecule has 0 fully saturated rings. The molecule has 0 aliphatic rings. The van der Waals surface area contributed by atoms with Gasteiger partial charge in [-0.2, -0.15) is 0 Å². The Bertz CT molecular complexity index is 169. The van der Waals surface area contributed by atoms with Gasteiger partial charge in [0.15, 0.2) is 0 Å². The number of hydrogen-bond donors (Lipinski definition) is 2. The van der Waals surface area contributed by atoms with E-state index in [1.807, 2.05) is 0 Å². The fourth-order valence-corrected chi connectivity index (χ4v) is 2.49. The Labute approximate surface area is 121 Å². The Morgan fingerprint density at radius 3 is 1.68 bits per heavy atom. The summed E-state index contributed by atoms with van der Waals surface area (Å²) >= 11 is 0. The number of nitrogens with two attached hydrogens (primary N) is 1. The summed E-state index contributed by atoms with van der Waals surface area (Å²) in [4.78, 5) is 0. The lowest BCUT2D eigenvalue weighted by Crippen LogP contribution is -2.40. The highest BCUT2D eigenvalue weighted by Crippen LogP contribution is 2.10. The van der Waals surface area contributed by atoms with E-state index in [1.165, 1.54) is 64.2 Å². The molecule has 0 saturated carbocycles. The van der Waals surface area contributed by atoms with Crippen LogP contribution in [-0.2, 0) is 0 Å². The standard InChI is InChI=1S/C17H38N2/c1-4-5-6-7-8-9-10-11-12-13-14-19-17(15-18)16(2)3/h16-17,19H,4-15,18H2,1-3H3. The minimum absolute atomic E-state index is 0.499. The molecule has 1 unspecified atom stereocenters. The molecule has 2 nitrogen and oxygen atoms in total. The van der Waals surface area contributed by atoms with Crippen LogP contribution in [0.15, 0.2) is 0 Å². The van der Waals surface area contributed by atoms with E-state index in [0.717, 1.165) is 13.1 Å². The van der Waals surface area contributed by atoms with Gasteiger partial charge in [-0.15, -0.1) is 0 Å². The molecule has 0 radical (unpaired) electrons. The summed E-state index contributed by atoms with van der Waals surface area (Å²) in [7, 11) is 0. The average molecular weight is 271 g/mol. The molecule has 0 amide bonds. The Hall–Kier alpha value is -0.0800. The van der Waals surface area contributed by atoms with Crippen molar-refractivity contribution in [2.45, 2.75) is 91.0 Å². The lowest BCUT2D eigenvalue weighted by atomic mass is 10.0. The Morgan fingerprint density at radius 1 is 0.789 bits per heavy atom. The lowest BCUT2D eigenvalue weighted by Gasteiger charge is -2.20. The van der Waals surface area contributed by atoms with Crippen LogP contribution in [0.5, 0.6) is 0 Å². The zero-order chi connectivity index (χ0) is 14.3.